The number of rotatable bonds is 8. The SMILES string of the molecule is C=CCOC(=O)C[C@H](NC(=O)OCC1c2ccccc2-c2ccccc21)C(=O)N1CCC(C)(C)C1. The average molecular weight is 477 g/mol. The largest absolute Gasteiger partial charge is 0.461 e. The predicted octanol–water partition coefficient (Wildman–Crippen LogP) is 4.27. The van der Waals surface area contributed by atoms with Crippen LogP contribution in [0, 0.1) is 5.41 Å². The predicted molar refractivity (Wildman–Crippen MR) is 133 cm³/mol. The first-order valence-corrected chi connectivity index (χ1v) is 12.0. The van der Waals surface area contributed by atoms with E-state index in [2.05, 4.69) is 37.9 Å². The van der Waals surface area contributed by atoms with Gasteiger partial charge in [0.2, 0.25) is 5.91 Å². The Morgan fingerprint density at radius 3 is 2.29 bits per heavy atom. The maximum absolute atomic E-state index is 13.2. The Balaban J connectivity index is 1.43. The van der Waals surface area contributed by atoms with E-state index < -0.39 is 18.1 Å². The average Bonchev–Trinajstić information content (AvgIpc) is 3.37. The third-order valence-electron chi connectivity index (χ3n) is 6.66. The molecule has 0 bridgehead atoms. The molecule has 7 heteroatoms. The summed E-state index contributed by atoms with van der Waals surface area (Å²) in [7, 11) is 0. The molecule has 1 atom stereocenters. The minimum Gasteiger partial charge on any atom is -0.461 e. The lowest BCUT2D eigenvalue weighted by atomic mass is 9.93. The van der Waals surface area contributed by atoms with Gasteiger partial charge in [0.1, 0.15) is 19.3 Å². The topological polar surface area (TPSA) is 84.9 Å². The molecule has 184 valence electrons. The lowest BCUT2D eigenvalue weighted by Gasteiger charge is -2.25. The Kier molecular flexibility index (Phi) is 7.24. The Morgan fingerprint density at radius 1 is 1.09 bits per heavy atom. The lowest BCUT2D eigenvalue weighted by Crippen LogP contribution is -2.49. The van der Waals surface area contributed by atoms with E-state index >= 15 is 0 Å². The molecule has 2 aliphatic rings. The van der Waals surface area contributed by atoms with Crippen LogP contribution in [0.5, 0.6) is 0 Å². The van der Waals surface area contributed by atoms with Crippen LogP contribution in [0.1, 0.15) is 43.7 Å². The number of esters is 1. The molecule has 2 aromatic rings. The summed E-state index contributed by atoms with van der Waals surface area (Å²) < 4.78 is 10.7. The standard InChI is InChI=1S/C28H32N2O5/c1-4-15-34-25(31)16-24(26(32)30-14-13-28(2,3)18-30)29-27(33)35-17-23-21-11-7-5-9-19(21)20-10-6-8-12-22(20)23/h4-12,23-24H,1,13-18H2,2-3H3,(H,29,33)/t24-/m0/s1. The van der Waals surface area contributed by atoms with Gasteiger partial charge in [-0.1, -0.05) is 75.0 Å². The first kappa shape index (κ1) is 24.5. The summed E-state index contributed by atoms with van der Waals surface area (Å²) in [6, 6.07) is 15.1. The van der Waals surface area contributed by atoms with E-state index in [-0.39, 0.29) is 36.9 Å². The van der Waals surface area contributed by atoms with Crippen molar-refractivity contribution in [3.8, 4) is 11.1 Å². The van der Waals surface area contributed by atoms with Crippen molar-refractivity contribution < 1.29 is 23.9 Å². The number of alkyl carbamates (subject to hydrolysis) is 1. The van der Waals surface area contributed by atoms with Gasteiger partial charge in [0.15, 0.2) is 0 Å². The molecule has 4 rings (SSSR count). The van der Waals surface area contributed by atoms with Crippen molar-refractivity contribution in [1.29, 1.82) is 0 Å². The number of nitrogens with one attached hydrogen (secondary N) is 1. The molecule has 1 aliphatic carbocycles. The Hall–Kier alpha value is -3.61. The van der Waals surface area contributed by atoms with Crippen molar-refractivity contribution in [1.82, 2.24) is 10.2 Å². The number of carbonyl (C=O) groups excluding carboxylic acids is 3. The van der Waals surface area contributed by atoms with Gasteiger partial charge >= 0.3 is 12.1 Å². The number of likely N-dealkylation sites (tertiary alicyclic amines) is 1. The number of carbonyl (C=O) groups is 3. The molecule has 0 radical (unpaired) electrons. The summed E-state index contributed by atoms with van der Waals surface area (Å²) in [5.41, 5.74) is 4.45. The van der Waals surface area contributed by atoms with Crippen LogP contribution < -0.4 is 5.32 Å². The van der Waals surface area contributed by atoms with Crippen molar-refractivity contribution in [2.24, 2.45) is 5.41 Å². The summed E-state index contributed by atoms with van der Waals surface area (Å²) in [5, 5.41) is 2.62. The number of benzene rings is 2. The quantitative estimate of drug-likeness (QED) is 0.454. The van der Waals surface area contributed by atoms with E-state index in [4.69, 9.17) is 9.47 Å². The number of hydrogen-bond acceptors (Lipinski definition) is 5. The highest BCUT2D eigenvalue weighted by Gasteiger charge is 2.37. The molecular weight excluding hydrogens is 444 g/mol. The van der Waals surface area contributed by atoms with Crippen molar-refractivity contribution in [3.63, 3.8) is 0 Å². The molecule has 2 aromatic carbocycles. The molecule has 1 saturated heterocycles. The number of amides is 2. The maximum Gasteiger partial charge on any atom is 0.407 e. The fourth-order valence-electron chi connectivity index (χ4n) is 4.88. The van der Waals surface area contributed by atoms with Crippen LogP contribution in [0.25, 0.3) is 11.1 Å². The van der Waals surface area contributed by atoms with Gasteiger partial charge in [-0.3, -0.25) is 9.59 Å². The second-order valence-electron chi connectivity index (χ2n) is 9.87. The third kappa shape index (κ3) is 5.56. The Labute approximate surface area is 206 Å². The Morgan fingerprint density at radius 2 is 1.71 bits per heavy atom. The van der Waals surface area contributed by atoms with E-state index in [0.717, 1.165) is 28.7 Å². The molecule has 1 aliphatic heterocycles. The molecule has 0 spiro atoms. The highest BCUT2D eigenvalue weighted by atomic mass is 16.5. The highest BCUT2D eigenvalue weighted by Crippen LogP contribution is 2.44. The van der Waals surface area contributed by atoms with Crippen molar-refractivity contribution in [2.45, 2.75) is 38.6 Å². The number of nitrogens with zero attached hydrogens (tertiary/aromatic N) is 1. The van der Waals surface area contributed by atoms with Gasteiger partial charge in [0.05, 0.1) is 6.42 Å². The maximum atomic E-state index is 13.2. The van der Waals surface area contributed by atoms with Gasteiger partial charge in [0, 0.05) is 19.0 Å². The molecule has 0 unspecified atom stereocenters. The molecule has 35 heavy (non-hydrogen) atoms. The van der Waals surface area contributed by atoms with Crippen molar-refractivity contribution in [3.05, 3.63) is 72.3 Å². The molecule has 1 N–H and O–H groups in total. The van der Waals surface area contributed by atoms with E-state index in [1.54, 1.807) is 4.90 Å². The summed E-state index contributed by atoms with van der Waals surface area (Å²) in [6.07, 6.45) is 1.31. The van der Waals surface area contributed by atoms with Crippen LogP contribution in [0.3, 0.4) is 0 Å². The number of ether oxygens (including phenoxy) is 2. The summed E-state index contributed by atoms with van der Waals surface area (Å²) in [6.45, 7) is 9.02. The van der Waals surface area contributed by atoms with E-state index in [9.17, 15) is 14.4 Å². The molecule has 1 fully saturated rings. The minimum atomic E-state index is -1.06. The van der Waals surface area contributed by atoms with Crippen LogP contribution in [0.4, 0.5) is 4.79 Å². The molecule has 0 saturated carbocycles. The second kappa shape index (κ2) is 10.3. The van der Waals surface area contributed by atoms with Gasteiger partial charge in [-0.2, -0.15) is 0 Å². The minimum absolute atomic E-state index is 0.00662. The van der Waals surface area contributed by atoms with Crippen LogP contribution >= 0.6 is 0 Å². The Bertz CT molecular complexity index is 1080. The fraction of sp³-hybridized carbons (Fsp3) is 0.393. The number of fused-ring (bicyclic) bond motifs is 3. The van der Waals surface area contributed by atoms with E-state index in [1.165, 1.54) is 6.08 Å². The molecule has 7 nitrogen and oxygen atoms in total. The molecular formula is C28H32N2O5. The zero-order chi connectivity index (χ0) is 25.0. The van der Waals surface area contributed by atoms with Gasteiger partial charge in [0.25, 0.3) is 0 Å². The van der Waals surface area contributed by atoms with Gasteiger partial charge in [-0.25, -0.2) is 4.79 Å². The second-order valence-corrected chi connectivity index (χ2v) is 9.87. The smallest absolute Gasteiger partial charge is 0.407 e. The fourth-order valence-corrected chi connectivity index (χ4v) is 4.88. The van der Waals surface area contributed by atoms with Gasteiger partial charge < -0.3 is 19.7 Å². The summed E-state index contributed by atoms with van der Waals surface area (Å²) in [5.74, 6) is -0.987. The van der Waals surface area contributed by atoms with Crippen LogP contribution in [-0.2, 0) is 19.1 Å². The van der Waals surface area contributed by atoms with Crippen molar-refractivity contribution >= 4 is 18.0 Å². The normalized spacial score (nSPS) is 16.7. The lowest BCUT2D eigenvalue weighted by molar-refractivity contribution is -0.146. The molecule has 1 heterocycles. The van der Waals surface area contributed by atoms with Gasteiger partial charge in [-0.15, -0.1) is 0 Å². The van der Waals surface area contributed by atoms with E-state index in [0.29, 0.717) is 13.1 Å². The summed E-state index contributed by atoms with van der Waals surface area (Å²) in [4.78, 5) is 39.9. The monoisotopic (exact) mass is 476 g/mol. The molecule has 0 aromatic heterocycles. The van der Waals surface area contributed by atoms with Gasteiger partial charge in [-0.05, 0) is 34.1 Å². The van der Waals surface area contributed by atoms with Crippen LogP contribution in [0.15, 0.2) is 61.2 Å². The summed E-state index contributed by atoms with van der Waals surface area (Å²) >= 11 is 0. The third-order valence-corrected chi connectivity index (χ3v) is 6.66. The highest BCUT2D eigenvalue weighted by molar-refractivity contribution is 5.90. The zero-order valence-electron chi connectivity index (χ0n) is 20.3. The van der Waals surface area contributed by atoms with Crippen LogP contribution in [-0.4, -0.2) is 55.2 Å². The molecule has 2 amide bonds. The van der Waals surface area contributed by atoms with Crippen molar-refractivity contribution in [2.75, 3.05) is 26.3 Å². The first-order valence-electron chi connectivity index (χ1n) is 12.0. The zero-order valence-corrected chi connectivity index (χ0v) is 20.3. The number of hydrogen-bond donors (Lipinski definition) is 1. The van der Waals surface area contributed by atoms with E-state index in [1.807, 2.05) is 36.4 Å². The first-order chi connectivity index (χ1) is 16.8. The van der Waals surface area contributed by atoms with Crippen LogP contribution in [0.2, 0.25) is 0 Å².